The number of benzene rings is 2. The molecule has 0 aliphatic rings. The van der Waals surface area contributed by atoms with Crippen LogP contribution >= 0.6 is 34.8 Å². The minimum absolute atomic E-state index is 0.0508. The predicted octanol–water partition coefficient (Wildman–Crippen LogP) is 4.67. The molecule has 0 atom stereocenters. The molecule has 2 N–H and O–H groups in total. The van der Waals surface area contributed by atoms with Crippen molar-refractivity contribution in [3.8, 4) is 16.9 Å². The number of carbonyl (C=O) groups is 2. The molecule has 0 radical (unpaired) electrons. The highest BCUT2D eigenvalue weighted by Crippen LogP contribution is 2.33. The van der Waals surface area contributed by atoms with E-state index < -0.39 is 11.8 Å². The number of aromatic nitrogens is 4. The Balaban J connectivity index is 1.72. The molecule has 0 spiro atoms. The second kappa shape index (κ2) is 9.58. The smallest absolute Gasteiger partial charge is 0.266 e. The number of halogens is 3. The molecule has 8 nitrogen and oxygen atoms in total. The third-order valence-electron chi connectivity index (χ3n) is 4.68. The van der Waals surface area contributed by atoms with Crippen LogP contribution in [0.4, 0.5) is 0 Å². The van der Waals surface area contributed by atoms with Gasteiger partial charge in [-0.3, -0.25) is 25.4 Å². The summed E-state index contributed by atoms with van der Waals surface area (Å²) in [4.78, 5) is 32.8. The average Bonchev–Trinajstić information content (AvgIpc) is 3.15. The summed E-state index contributed by atoms with van der Waals surface area (Å²) >= 11 is 18.5. The van der Waals surface area contributed by atoms with Crippen molar-refractivity contribution in [3.05, 3.63) is 93.1 Å². The fraction of sp³-hybridized carbons (Fsp3) is 0.0455. The van der Waals surface area contributed by atoms with E-state index in [-0.39, 0.29) is 11.4 Å². The highest BCUT2D eigenvalue weighted by Gasteiger charge is 2.23. The first-order valence-corrected chi connectivity index (χ1v) is 10.7. The summed E-state index contributed by atoms with van der Waals surface area (Å²) in [6.07, 6.45) is 4.09. The number of amides is 2. The third-order valence-corrected chi connectivity index (χ3v) is 5.47. The molecule has 11 heteroatoms. The molecule has 0 aliphatic carbocycles. The van der Waals surface area contributed by atoms with Crippen molar-refractivity contribution in [1.82, 2.24) is 30.6 Å². The van der Waals surface area contributed by atoms with Crippen molar-refractivity contribution in [3.63, 3.8) is 0 Å². The summed E-state index contributed by atoms with van der Waals surface area (Å²) in [5.41, 5.74) is 7.28. The largest absolute Gasteiger partial charge is 0.290 e. The van der Waals surface area contributed by atoms with Crippen molar-refractivity contribution >= 4 is 46.6 Å². The Kier molecular flexibility index (Phi) is 6.60. The molecule has 2 heterocycles. The van der Waals surface area contributed by atoms with Gasteiger partial charge in [-0.05, 0) is 37.3 Å². The molecule has 0 aliphatic heterocycles. The molecule has 4 aromatic rings. The Labute approximate surface area is 203 Å². The van der Waals surface area contributed by atoms with Gasteiger partial charge in [0.25, 0.3) is 11.8 Å². The lowest BCUT2D eigenvalue weighted by Gasteiger charge is -2.11. The van der Waals surface area contributed by atoms with Crippen LogP contribution in [-0.2, 0) is 0 Å². The van der Waals surface area contributed by atoms with Gasteiger partial charge in [0.1, 0.15) is 5.69 Å². The van der Waals surface area contributed by atoms with Crippen LogP contribution in [-0.4, -0.2) is 31.6 Å². The number of carbonyl (C=O) groups excluding carboxylic acids is 2. The first-order chi connectivity index (χ1) is 15.8. The second-order valence-corrected chi connectivity index (χ2v) is 8.12. The maximum atomic E-state index is 12.9. The van der Waals surface area contributed by atoms with Crippen molar-refractivity contribution in [2.45, 2.75) is 6.92 Å². The van der Waals surface area contributed by atoms with Gasteiger partial charge in [0.15, 0.2) is 5.69 Å². The summed E-state index contributed by atoms with van der Waals surface area (Å²) in [5.74, 6) is -1.24. The fourth-order valence-corrected chi connectivity index (χ4v) is 3.75. The third kappa shape index (κ3) is 4.83. The van der Waals surface area contributed by atoms with Crippen molar-refractivity contribution in [2.75, 3.05) is 0 Å². The summed E-state index contributed by atoms with van der Waals surface area (Å²) in [5, 5.41) is 5.86. The van der Waals surface area contributed by atoms with E-state index in [4.69, 9.17) is 34.8 Å². The van der Waals surface area contributed by atoms with Crippen LogP contribution in [0, 0.1) is 6.92 Å². The van der Waals surface area contributed by atoms with Gasteiger partial charge in [-0.25, -0.2) is 9.67 Å². The Morgan fingerprint density at radius 3 is 2.27 bits per heavy atom. The normalized spacial score (nSPS) is 10.7. The lowest BCUT2D eigenvalue weighted by Crippen LogP contribution is -2.42. The number of hydrogen-bond donors (Lipinski definition) is 2. The van der Waals surface area contributed by atoms with E-state index in [0.717, 1.165) is 5.56 Å². The van der Waals surface area contributed by atoms with Crippen molar-refractivity contribution < 1.29 is 9.59 Å². The Morgan fingerprint density at radius 1 is 0.909 bits per heavy atom. The quantitative estimate of drug-likeness (QED) is 0.396. The number of rotatable bonds is 4. The molecule has 0 saturated carbocycles. The van der Waals surface area contributed by atoms with Gasteiger partial charge >= 0.3 is 0 Å². The predicted molar refractivity (Wildman–Crippen MR) is 126 cm³/mol. The van der Waals surface area contributed by atoms with Crippen LogP contribution in [0.15, 0.2) is 61.1 Å². The zero-order valence-electron chi connectivity index (χ0n) is 17.0. The molecular formula is C22H15Cl3N6O2. The minimum atomic E-state index is -0.621. The van der Waals surface area contributed by atoms with Gasteiger partial charge in [-0.1, -0.05) is 46.9 Å². The lowest BCUT2D eigenvalue weighted by molar-refractivity contribution is 0.0840. The zero-order chi connectivity index (χ0) is 23.5. The zero-order valence-corrected chi connectivity index (χ0v) is 19.3. The SMILES string of the molecule is Cc1c(C(=O)NNC(=O)c2cnccn2)nn(-c2ccc(Cl)cc2Cl)c1-c1ccc(Cl)cc1. The monoisotopic (exact) mass is 500 g/mol. The fourth-order valence-electron chi connectivity index (χ4n) is 3.14. The van der Waals surface area contributed by atoms with E-state index in [9.17, 15) is 9.59 Å². The second-order valence-electron chi connectivity index (χ2n) is 6.84. The van der Waals surface area contributed by atoms with E-state index >= 15 is 0 Å². The van der Waals surface area contributed by atoms with Crippen molar-refractivity contribution in [1.29, 1.82) is 0 Å². The average molecular weight is 502 g/mol. The molecular weight excluding hydrogens is 487 g/mol. The van der Waals surface area contributed by atoms with Gasteiger partial charge in [0.05, 0.1) is 22.6 Å². The summed E-state index contributed by atoms with van der Waals surface area (Å²) in [7, 11) is 0. The van der Waals surface area contributed by atoms with Crippen molar-refractivity contribution in [2.24, 2.45) is 0 Å². The molecule has 4 rings (SSSR count). The molecule has 2 aromatic heterocycles. The van der Waals surface area contributed by atoms with Gasteiger partial charge in [0, 0.05) is 33.6 Å². The summed E-state index contributed by atoms with van der Waals surface area (Å²) in [6.45, 7) is 1.75. The van der Waals surface area contributed by atoms with Crippen LogP contribution in [0.2, 0.25) is 15.1 Å². The molecule has 33 heavy (non-hydrogen) atoms. The number of nitrogens with zero attached hydrogens (tertiary/aromatic N) is 4. The molecule has 2 amide bonds. The van der Waals surface area contributed by atoms with Gasteiger partial charge in [-0.15, -0.1) is 0 Å². The lowest BCUT2D eigenvalue weighted by atomic mass is 10.1. The van der Waals surface area contributed by atoms with Crippen LogP contribution < -0.4 is 10.9 Å². The highest BCUT2D eigenvalue weighted by molar-refractivity contribution is 6.35. The molecule has 0 bridgehead atoms. The van der Waals surface area contributed by atoms with E-state index in [1.165, 1.54) is 18.6 Å². The van der Waals surface area contributed by atoms with Crippen LogP contribution in [0.3, 0.4) is 0 Å². The molecule has 2 aromatic carbocycles. The minimum Gasteiger partial charge on any atom is -0.266 e. The highest BCUT2D eigenvalue weighted by atomic mass is 35.5. The Bertz CT molecular complexity index is 1340. The van der Waals surface area contributed by atoms with Gasteiger partial charge < -0.3 is 0 Å². The maximum Gasteiger partial charge on any atom is 0.290 e. The van der Waals surface area contributed by atoms with Gasteiger partial charge in [0.2, 0.25) is 0 Å². The maximum absolute atomic E-state index is 12.9. The summed E-state index contributed by atoms with van der Waals surface area (Å²) < 4.78 is 1.55. The van der Waals surface area contributed by atoms with Crippen LogP contribution in [0.25, 0.3) is 16.9 Å². The Hall–Kier alpha value is -3.46. The van der Waals surface area contributed by atoms with Crippen LogP contribution in [0.1, 0.15) is 26.5 Å². The standard InChI is InChI=1S/C22H15Cl3N6O2/c1-12-19(22(33)29-28-21(32)17-11-26-8-9-27-17)30-31(18-7-6-15(24)10-16(18)25)20(12)13-2-4-14(23)5-3-13/h2-11H,1H3,(H,28,32)(H,29,33). The van der Waals surface area contributed by atoms with E-state index in [1.807, 2.05) is 12.1 Å². The number of hydrogen-bond acceptors (Lipinski definition) is 5. The summed E-state index contributed by atoms with van der Waals surface area (Å²) in [6, 6.07) is 12.0. The molecule has 0 unspecified atom stereocenters. The van der Waals surface area contributed by atoms with Crippen LogP contribution in [0.5, 0.6) is 0 Å². The molecule has 166 valence electrons. The first-order valence-electron chi connectivity index (χ1n) is 9.53. The molecule has 0 fully saturated rings. The first kappa shape index (κ1) is 22.7. The van der Waals surface area contributed by atoms with E-state index in [1.54, 1.807) is 41.9 Å². The van der Waals surface area contributed by atoms with E-state index in [2.05, 4.69) is 25.9 Å². The topological polar surface area (TPSA) is 102 Å². The van der Waals surface area contributed by atoms with Gasteiger partial charge in [-0.2, -0.15) is 5.10 Å². The van der Waals surface area contributed by atoms with E-state index in [0.29, 0.717) is 32.0 Å². The number of nitrogens with one attached hydrogen (secondary N) is 2. The number of hydrazine groups is 1. The molecule has 0 saturated heterocycles. The Morgan fingerprint density at radius 2 is 1.61 bits per heavy atom.